The number of halogens is 2. The lowest BCUT2D eigenvalue weighted by Crippen LogP contribution is -2.01. The van der Waals surface area contributed by atoms with E-state index in [0.717, 1.165) is 23.8 Å². The van der Waals surface area contributed by atoms with Crippen molar-refractivity contribution in [3.8, 4) is 5.75 Å². The van der Waals surface area contributed by atoms with Gasteiger partial charge in [-0.2, -0.15) is 0 Å². The van der Waals surface area contributed by atoms with E-state index >= 15 is 0 Å². The van der Waals surface area contributed by atoms with Crippen molar-refractivity contribution in [2.75, 3.05) is 0 Å². The van der Waals surface area contributed by atoms with E-state index in [1.807, 2.05) is 0 Å². The second-order valence-electron chi connectivity index (χ2n) is 4.25. The van der Waals surface area contributed by atoms with Crippen LogP contribution in [0.1, 0.15) is 11.1 Å². The Balaban J connectivity index is 2.00. The minimum Gasteiger partial charge on any atom is -0.486 e. The van der Waals surface area contributed by atoms with Crippen LogP contribution in [0.4, 0.5) is 8.78 Å². The summed E-state index contributed by atoms with van der Waals surface area (Å²) in [6.45, 7) is 0.0771. The number of rotatable bonds is 5. The van der Waals surface area contributed by atoms with Crippen LogP contribution in [0.2, 0.25) is 0 Å². The second-order valence-corrected chi connectivity index (χ2v) is 4.25. The Kier molecular flexibility index (Phi) is 4.30. The number of hydrogen-bond acceptors (Lipinski definition) is 2. The zero-order chi connectivity index (χ0) is 14.5. The quantitative estimate of drug-likeness (QED) is 0.913. The standard InChI is InChI=1S/C15H12F2O3/c16-12-5-6-13(17)14(8-12)20-9-11-3-1-10(2-4-11)7-15(18)19/h1-6,8H,7,9H2,(H,18,19). The van der Waals surface area contributed by atoms with Gasteiger partial charge in [0.1, 0.15) is 12.4 Å². The molecule has 0 atom stereocenters. The summed E-state index contributed by atoms with van der Waals surface area (Å²) in [5, 5.41) is 8.64. The monoisotopic (exact) mass is 278 g/mol. The zero-order valence-electron chi connectivity index (χ0n) is 10.5. The first-order valence-corrected chi connectivity index (χ1v) is 5.92. The predicted molar refractivity (Wildman–Crippen MR) is 68.5 cm³/mol. The molecule has 0 aromatic heterocycles. The SMILES string of the molecule is O=C(O)Cc1ccc(COc2cc(F)ccc2F)cc1. The Morgan fingerprint density at radius 2 is 1.70 bits per heavy atom. The second kappa shape index (κ2) is 6.14. The molecule has 20 heavy (non-hydrogen) atoms. The molecule has 0 heterocycles. The molecule has 0 radical (unpaired) electrons. The van der Waals surface area contributed by atoms with Crippen LogP contribution in [0.25, 0.3) is 0 Å². The number of hydrogen-bond donors (Lipinski definition) is 1. The fourth-order valence-electron chi connectivity index (χ4n) is 1.68. The van der Waals surface area contributed by atoms with Crippen LogP contribution < -0.4 is 4.74 Å². The van der Waals surface area contributed by atoms with Gasteiger partial charge in [-0.1, -0.05) is 24.3 Å². The largest absolute Gasteiger partial charge is 0.486 e. The minimum atomic E-state index is -0.907. The van der Waals surface area contributed by atoms with Gasteiger partial charge in [0, 0.05) is 6.07 Å². The maximum atomic E-state index is 13.3. The summed E-state index contributed by atoms with van der Waals surface area (Å²) < 4.78 is 31.5. The van der Waals surface area contributed by atoms with Crippen LogP contribution in [0, 0.1) is 11.6 Å². The minimum absolute atomic E-state index is 0.0559. The summed E-state index contributed by atoms with van der Waals surface area (Å²) >= 11 is 0. The summed E-state index contributed by atoms with van der Waals surface area (Å²) in [6, 6.07) is 9.70. The van der Waals surface area contributed by atoms with E-state index in [9.17, 15) is 13.6 Å². The Morgan fingerprint density at radius 1 is 1.05 bits per heavy atom. The van der Waals surface area contributed by atoms with E-state index in [4.69, 9.17) is 9.84 Å². The molecular formula is C15H12F2O3. The van der Waals surface area contributed by atoms with Gasteiger partial charge in [0.2, 0.25) is 0 Å². The summed E-state index contributed by atoms with van der Waals surface area (Å²) in [4.78, 5) is 10.5. The van der Waals surface area contributed by atoms with Crippen molar-refractivity contribution in [3.05, 3.63) is 65.2 Å². The van der Waals surface area contributed by atoms with Gasteiger partial charge in [0.25, 0.3) is 0 Å². The third-order valence-corrected chi connectivity index (χ3v) is 2.67. The Morgan fingerprint density at radius 3 is 2.35 bits per heavy atom. The van der Waals surface area contributed by atoms with Gasteiger partial charge in [0.15, 0.2) is 11.6 Å². The van der Waals surface area contributed by atoms with Crippen molar-refractivity contribution in [2.24, 2.45) is 0 Å². The normalized spacial score (nSPS) is 10.3. The first-order valence-electron chi connectivity index (χ1n) is 5.92. The topological polar surface area (TPSA) is 46.5 Å². The van der Waals surface area contributed by atoms with Gasteiger partial charge in [-0.3, -0.25) is 4.79 Å². The molecule has 0 unspecified atom stereocenters. The zero-order valence-corrected chi connectivity index (χ0v) is 10.5. The molecule has 0 aliphatic carbocycles. The van der Waals surface area contributed by atoms with Crippen molar-refractivity contribution < 1.29 is 23.4 Å². The average Bonchev–Trinajstić information content (AvgIpc) is 2.41. The number of carboxylic acids is 1. The van der Waals surface area contributed by atoms with Gasteiger partial charge >= 0.3 is 5.97 Å². The molecule has 2 aromatic carbocycles. The highest BCUT2D eigenvalue weighted by molar-refractivity contribution is 5.70. The first kappa shape index (κ1) is 14.0. The van der Waals surface area contributed by atoms with Crippen molar-refractivity contribution in [1.82, 2.24) is 0 Å². The van der Waals surface area contributed by atoms with Gasteiger partial charge in [0.05, 0.1) is 6.42 Å². The number of aliphatic carboxylic acids is 1. The summed E-state index contributed by atoms with van der Waals surface area (Å²) in [7, 11) is 0. The third-order valence-electron chi connectivity index (χ3n) is 2.67. The van der Waals surface area contributed by atoms with Crippen LogP contribution in [0.3, 0.4) is 0 Å². The highest BCUT2D eigenvalue weighted by Crippen LogP contribution is 2.19. The molecule has 0 amide bonds. The lowest BCUT2D eigenvalue weighted by molar-refractivity contribution is -0.136. The van der Waals surface area contributed by atoms with Crippen molar-refractivity contribution in [2.45, 2.75) is 13.0 Å². The molecule has 2 aromatic rings. The maximum Gasteiger partial charge on any atom is 0.307 e. The molecule has 0 aliphatic rings. The summed E-state index contributed by atoms with van der Waals surface area (Å²) in [6.07, 6.45) is -0.0559. The van der Waals surface area contributed by atoms with Crippen molar-refractivity contribution >= 4 is 5.97 Å². The highest BCUT2D eigenvalue weighted by Gasteiger charge is 2.06. The first-order chi connectivity index (χ1) is 9.54. The van der Waals surface area contributed by atoms with Gasteiger partial charge in [-0.25, -0.2) is 8.78 Å². The fourth-order valence-corrected chi connectivity index (χ4v) is 1.68. The number of ether oxygens (including phenoxy) is 1. The highest BCUT2D eigenvalue weighted by atomic mass is 19.1. The van der Waals surface area contributed by atoms with E-state index in [1.165, 1.54) is 0 Å². The van der Waals surface area contributed by atoms with Gasteiger partial charge in [-0.15, -0.1) is 0 Å². The summed E-state index contributed by atoms with van der Waals surface area (Å²) in [5.74, 6) is -2.26. The number of carbonyl (C=O) groups is 1. The molecule has 0 saturated carbocycles. The predicted octanol–water partition coefficient (Wildman–Crippen LogP) is 3.17. The van der Waals surface area contributed by atoms with E-state index in [0.29, 0.717) is 5.56 Å². The van der Waals surface area contributed by atoms with E-state index in [2.05, 4.69) is 0 Å². The lowest BCUT2D eigenvalue weighted by Gasteiger charge is -2.08. The van der Waals surface area contributed by atoms with Crippen molar-refractivity contribution in [1.29, 1.82) is 0 Å². The summed E-state index contributed by atoms with van der Waals surface area (Å²) in [5.41, 5.74) is 1.40. The van der Waals surface area contributed by atoms with Crippen LogP contribution in [-0.4, -0.2) is 11.1 Å². The molecule has 5 heteroatoms. The molecule has 0 spiro atoms. The molecule has 1 N–H and O–H groups in total. The fraction of sp³-hybridized carbons (Fsp3) is 0.133. The number of benzene rings is 2. The molecular weight excluding hydrogens is 266 g/mol. The molecule has 0 aliphatic heterocycles. The molecule has 2 rings (SSSR count). The molecule has 104 valence electrons. The van der Waals surface area contributed by atoms with Crippen LogP contribution in [0.5, 0.6) is 5.75 Å². The van der Waals surface area contributed by atoms with Crippen molar-refractivity contribution in [3.63, 3.8) is 0 Å². The third kappa shape index (κ3) is 3.78. The molecule has 0 fully saturated rings. The van der Waals surface area contributed by atoms with Gasteiger partial charge in [-0.05, 0) is 23.3 Å². The Bertz CT molecular complexity index is 609. The van der Waals surface area contributed by atoms with Gasteiger partial charge < -0.3 is 9.84 Å². The van der Waals surface area contributed by atoms with Crippen LogP contribution >= 0.6 is 0 Å². The van der Waals surface area contributed by atoms with Crippen LogP contribution in [0.15, 0.2) is 42.5 Å². The van der Waals surface area contributed by atoms with E-state index in [1.54, 1.807) is 24.3 Å². The molecule has 0 bridgehead atoms. The average molecular weight is 278 g/mol. The Labute approximate surface area is 114 Å². The lowest BCUT2D eigenvalue weighted by atomic mass is 10.1. The smallest absolute Gasteiger partial charge is 0.307 e. The molecule has 3 nitrogen and oxygen atoms in total. The number of carboxylic acid groups (broad SMARTS) is 1. The van der Waals surface area contributed by atoms with E-state index < -0.39 is 17.6 Å². The molecule has 0 saturated heterocycles. The Hall–Kier alpha value is -2.43. The van der Waals surface area contributed by atoms with E-state index in [-0.39, 0.29) is 18.8 Å². The van der Waals surface area contributed by atoms with Crippen LogP contribution in [-0.2, 0) is 17.8 Å². The maximum absolute atomic E-state index is 13.3.